The number of anilines is 1. The van der Waals surface area contributed by atoms with Gasteiger partial charge >= 0.3 is 0 Å². The Kier molecular flexibility index (Phi) is 9.46. The number of halogens is 1. The first kappa shape index (κ1) is 23.7. The molecule has 7 nitrogen and oxygen atoms in total. The zero-order chi connectivity index (χ0) is 22.6. The lowest BCUT2D eigenvalue weighted by Crippen LogP contribution is -2.38. The van der Waals surface area contributed by atoms with Crippen LogP contribution in [0.25, 0.3) is 0 Å². The number of carbonyl (C=O) groups excluding carboxylic acids is 1. The number of nitrogens with zero attached hydrogens (tertiary/aromatic N) is 2. The van der Waals surface area contributed by atoms with Gasteiger partial charge in [-0.1, -0.05) is 30.3 Å². The van der Waals surface area contributed by atoms with Crippen molar-refractivity contribution in [1.82, 2.24) is 15.5 Å². The predicted octanol–water partition coefficient (Wildman–Crippen LogP) is 2.39. The number of aliphatic imine (C=N–C) groups is 1. The second kappa shape index (κ2) is 12.8. The third-order valence-corrected chi connectivity index (χ3v) is 5.30. The molecule has 1 saturated heterocycles. The normalized spacial score (nSPS) is 14.8. The molecule has 0 atom stereocenters. The molecule has 0 radical (unpaired) electrons. The third-order valence-electron chi connectivity index (χ3n) is 5.30. The van der Waals surface area contributed by atoms with Crippen LogP contribution in [-0.2, 0) is 22.5 Å². The molecule has 8 heteroatoms. The summed E-state index contributed by atoms with van der Waals surface area (Å²) in [6, 6.07) is 14.5. The number of nitrogens with one attached hydrogen (secondary N) is 3. The molecule has 1 heterocycles. The number of hydrogen-bond acceptors (Lipinski definition) is 4. The highest BCUT2D eigenvalue weighted by atomic mass is 19.1. The molecule has 0 unspecified atom stereocenters. The van der Waals surface area contributed by atoms with Gasteiger partial charge in [0.05, 0.1) is 13.2 Å². The van der Waals surface area contributed by atoms with Crippen molar-refractivity contribution < 1.29 is 13.9 Å². The van der Waals surface area contributed by atoms with Crippen LogP contribution in [0.2, 0.25) is 0 Å². The number of rotatable bonds is 9. The van der Waals surface area contributed by atoms with Crippen LogP contribution in [-0.4, -0.2) is 63.2 Å². The van der Waals surface area contributed by atoms with Gasteiger partial charge in [-0.2, -0.15) is 0 Å². The van der Waals surface area contributed by atoms with Gasteiger partial charge in [-0.05, 0) is 35.7 Å². The maximum atomic E-state index is 13.7. The van der Waals surface area contributed by atoms with Gasteiger partial charge < -0.3 is 20.7 Å². The van der Waals surface area contributed by atoms with Crippen LogP contribution in [0.1, 0.15) is 17.5 Å². The van der Waals surface area contributed by atoms with E-state index < -0.39 is 0 Å². The topological polar surface area (TPSA) is 78.0 Å². The molecular weight excluding hydrogens is 409 g/mol. The molecule has 2 aromatic rings. The van der Waals surface area contributed by atoms with E-state index in [-0.39, 0.29) is 11.7 Å². The zero-order valence-electron chi connectivity index (χ0n) is 18.6. The van der Waals surface area contributed by atoms with Gasteiger partial charge in [0.15, 0.2) is 5.96 Å². The van der Waals surface area contributed by atoms with Gasteiger partial charge in [-0.25, -0.2) is 4.39 Å². The van der Waals surface area contributed by atoms with Gasteiger partial charge in [0.25, 0.3) is 0 Å². The summed E-state index contributed by atoms with van der Waals surface area (Å²) in [7, 11) is 1.70. The van der Waals surface area contributed by atoms with E-state index in [1.54, 1.807) is 19.2 Å². The van der Waals surface area contributed by atoms with E-state index in [4.69, 9.17) is 4.74 Å². The van der Waals surface area contributed by atoms with Crippen LogP contribution >= 0.6 is 0 Å². The summed E-state index contributed by atoms with van der Waals surface area (Å²) in [4.78, 5) is 18.8. The fourth-order valence-corrected chi connectivity index (χ4v) is 3.49. The van der Waals surface area contributed by atoms with Crippen molar-refractivity contribution in [1.29, 1.82) is 0 Å². The molecule has 0 saturated carbocycles. The molecule has 172 valence electrons. The first-order valence-corrected chi connectivity index (χ1v) is 11.0. The van der Waals surface area contributed by atoms with E-state index in [0.29, 0.717) is 37.5 Å². The van der Waals surface area contributed by atoms with Crippen molar-refractivity contribution in [3.8, 4) is 0 Å². The van der Waals surface area contributed by atoms with Gasteiger partial charge in [-0.15, -0.1) is 0 Å². The Labute approximate surface area is 189 Å². The summed E-state index contributed by atoms with van der Waals surface area (Å²) in [5, 5.41) is 9.42. The van der Waals surface area contributed by atoms with Crippen LogP contribution in [0.3, 0.4) is 0 Å². The maximum absolute atomic E-state index is 13.7. The monoisotopic (exact) mass is 441 g/mol. The lowest BCUT2D eigenvalue weighted by atomic mass is 10.1. The van der Waals surface area contributed by atoms with Crippen LogP contribution in [0.5, 0.6) is 0 Å². The fourth-order valence-electron chi connectivity index (χ4n) is 3.49. The Bertz CT molecular complexity index is 899. The standard InChI is InChI=1S/C24H32FN5O2/c1-26-24(27-11-9-20-6-2-3-8-22(20)25)28-18-19-5-4-7-21(17-19)29-23(31)10-12-30-13-15-32-16-14-30/h2-8,17H,9-16,18H2,1H3,(H,29,31)(H2,26,27,28). The van der Waals surface area contributed by atoms with Crippen LogP contribution in [0, 0.1) is 5.82 Å². The number of amides is 1. The zero-order valence-corrected chi connectivity index (χ0v) is 18.6. The molecule has 3 rings (SSSR count). The SMILES string of the molecule is CN=C(NCCc1ccccc1F)NCc1cccc(NC(=O)CCN2CCOCC2)c1. The van der Waals surface area contributed by atoms with Crippen molar-refractivity contribution in [2.24, 2.45) is 4.99 Å². The Morgan fingerprint density at radius 3 is 2.72 bits per heavy atom. The summed E-state index contributed by atoms with van der Waals surface area (Å²) >= 11 is 0. The highest BCUT2D eigenvalue weighted by molar-refractivity contribution is 5.90. The van der Waals surface area contributed by atoms with E-state index in [2.05, 4.69) is 25.8 Å². The number of hydrogen-bond donors (Lipinski definition) is 3. The highest BCUT2D eigenvalue weighted by Crippen LogP contribution is 2.11. The van der Waals surface area contributed by atoms with E-state index in [0.717, 1.165) is 44.1 Å². The van der Waals surface area contributed by atoms with Gasteiger partial charge in [0.2, 0.25) is 5.91 Å². The van der Waals surface area contributed by atoms with Crippen LogP contribution in [0.15, 0.2) is 53.5 Å². The number of guanidine groups is 1. The largest absolute Gasteiger partial charge is 0.379 e. The quantitative estimate of drug-likeness (QED) is 0.412. The first-order chi connectivity index (χ1) is 15.6. The van der Waals surface area contributed by atoms with Crippen LogP contribution < -0.4 is 16.0 Å². The Morgan fingerprint density at radius 1 is 1.12 bits per heavy atom. The molecule has 1 amide bonds. The van der Waals surface area contributed by atoms with E-state index in [1.165, 1.54) is 6.07 Å². The number of benzene rings is 2. The molecule has 1 aliphatic heterocycles. The number of carbonyl (C=O) groups is 1. The van der Waals surface area contributed by atoms with E-state index in [1.807, 2.05) is 30.3 Å². The minimum Gasteiger partial charge on any atom is -0.379 e. The molecule has 1 aliphatic rings. The van der Waals surface area contributed by atoms with E-state index in [9.17, 15) is 9.18 Å². The van der Waals surface area contributed by atoms with Crippen molar-refractivity contribution >= 4 is 17.6 Å². The summed E-state index contributed by atoms with van der Waals surface area (Å²) in [5.41, 5.74) is 2.47. The summed E-state index contributed by atoms with van der Waals surface area (Å²) < 4.78 is 19.1. The Hall–Kier alpha value is -2.97. The van der Waals surface area contributed by atoms with Crippen LogP contribution in [0.4, 0.5) is 10.1 Å². The number of morpholine rings is 1. The molecule has 2 aromatic carbocycles. The predicted molar refractivity (Wildman–Crippen MR) is 125 cm³/mol. The molecule has 32 heavy (non-hydrogen) atoms. The Morgan fingerprint density at radius 2 is 1.94 bits per heavy atom. The second-order valence-corrected chi connectivity index (χ2v) is 7.65. The summed E-state index contributed by atoms with van der Waals surface area (Å²) in [5.74, 6) is 0.453. The van der Waals surface area contributed by atoms with E-state index >= 15 is 0 Å². The Balaban J connectivity index is 1.41. The molecule has 3 N–H and O–H groups in total. The molecular formula is C24H32FN5O2. The molecule has 0 spiro atoms. The average Bonchev–Trinajstić information content (AvgIpc) is 2.82. The average molecular weight is 442 g/mol. The molecule has 1 fully saturated rings. The summed E-state index contributed by atoms with van der Waals surface area (Å²) in [6.45, 7) is 5.09. The maximum Gasteiger partial charge on any atom is 0.225 e. The van der Waals surface area contributed by atoms with Gasteiger partial charge in [-0.3, -0.25) is 14.7 Å². The first-order valence-electron chi connectivity index (χ1n) is 11.0. The lowest BCUT2D eigenvalue weighted by Gasteiger charge is -2.26. The molecule has 0 aromatic heterocycles. The highest BCUT2D eigenvalue weighted by Gasteiger charge is 2.12. The second-order valence-electron chi connectivity index (χ2n) is 7.65. The summed E-state index contributed by atoms with van der Waals surface area (Å²) in [6.07, 6.45) is 1.03. The molecule has 0 bridgehead atoms. The minimum atomic E-state index is -0.193. The smallest absolute Gasteiger partial charge is 0.225 e. The van der Waals surface area contributed by atoms with Crippen molar-refractivity contribution in [2.45, 2.75) is 19.4 Å². The number of ether oxygens (including phenoxy) is 1. The lowest BCUT2D eigenvalue weighted by molar-refractivity contribution is -0.116. The van der Waals surface area contributed by atoms with Crippen molar-refractivity contribution in [3.63, 3.8) is 0 Å². The molecule has 0 aliphatic carbocycles. The van der Waals surface area contributed by atoms with Crippen molar-refractivity contribution in [3.05, 3.63) is 65.5 Å². The van der Waals surface area contributed by atoms with Gasteiger partial charge in [0.1, 0.15) is 5.82 Å². The van der Waals surface area contributed by atoms with Gasteiger partial charge in [0, 0.05) is 51.9 Å². The third kappa shape index (κ3) is 7.94. The van der Waals surface area contributed by atoms with Crippen molar-refractivity contribution in [2.75, 3.05) is 51.8 Å². The minimum absolute atomic E-state index is 0.00669. The fraction of sp³-hybridized carbons (Fsp3) is 0.417.